The van der Waals surface area contributed by atoms with E-state index in [4.69, 9.17) is 39.5 Å². The average molecular weight is 438 g/mol. The summed E-state index contributed by atoms with van der Waals surface area (Å²) in [5.41, 5.74) is 2.68. The van der Waals surface area contributed by atoms with Crippen LogP contribution in [0.25, 0.3) is 0 Å². The summed E-state index contributed by atoms with van der Waals surface area (Å²) in [5.74, 6) is 0.540. The third-order valence-electron chi connectivity index (χ3n) is 3.95. The summed E-state index contributed by atoms with van der Waals surface area (Å²) in [4.78, 5) is 10.2. The maximum Gasteiger partial charge on any atom is 0.269 e. The minimum atomic E-state index is -0.438. The van der Waals surface area contributed by atoms with Gasteiger partial charge in [-0.15, -0.1) is 0 Å². The summed E-state index contributed by atoms with van der Waals surface area (Å²) in [6.07, 6.45) is 0. The number of nitrogens with one attached hydrogen (secondary N) is 1. The van der Waals surface area contributed by atoms with E-state index in [0.29, 0.717) is 27.4 Å². The van der Waals surface area contributed by atoms with E-state index in [2.05, 4.69) is 5.32 Å². The molecule has 3 aromatic carbocycles. The molecule has 0 aliphatic heterocycles. The first-order valence-electron chi connectivity index (χ1n) is 8.26. The van der Waals surface area contributed by atoms with Crippen molar-refractivity contribution in [2.75, 3.05) is 5.32 Å². The fourth-order valence-corrected chi connectivity index (χ4v) is 3.01. The fraction of sp³-hybridized carbons (Fsp3) is 0.100. The van der Waals surface area contributed by atoms with Gasteiger partial charge >= 0.3 is 0 Å². The van der Waals surface area contributed by atoms with E-state index in [1.54, 1.807) is 30.3 Å². The van der Waals surface area contributed by atoms with Crippen LogP contribution in [0, 0.1) is 10.1 Å². The van der Waals surface area contributed by atoms with Gasteiger partial charge in [0.25, 0.3) is 5.69 Å². The summed E-state index contributed by atoms with van der Waals surface area (Å²) in [5, 5.41) is 15.4. The zero-order valence-corrected chi connectivity index (χ0v) is 16.8. The SMILES string of the molecule is O=[N+]([O-])c1ccc(COc2ccc(CNc3ccc(Cl)c(Cl)c3)cc2Cl)cc1. The number of nitro benzene ring substituents is 1. The molecule has 0 fully saturated rings. The normalized spacial score (nSPS) is 10.5. The molecule has 0 radical (unpaired) electrons. The summed E-state index contributed by atoms with van der Waals surface area (Å²) in [7, 11) is 0. The summed E-state index contributed by atoms with van der Waals surface area (Å²) < 4.78 is 5.72. The first-order chi connectivity index (χ1) is 13.4. The molecule has 3 rings (SSSR count). The molecule has 0 spiro atoms. The molecule has 0 aliphatic rings. The minimum Gasteiger partial charge on any atom is -0.487 e. The lowest BCUT2D eigenvalue weighted by molar-refractivity contribution is -0.384. The summed E-state index contributed by atoms with van der Waals surface area (Å²) >= 11 is 18.2. The zero-order valence-electron chi connectivity index (χ0n) is 14.5. The van der Waals surface area contributed by atoms with E-state index in [9.17, 15) is 10.1 Å². The van der Waals surface area contributed by atoms with E-state index < -0.39 is 4.92 Å². The van der Waals surface area contributed by atoms with E-state index in [1.807, 2.05) is 18.2 Å². The van der Waals surface area contributed by atoms with Crippen LogP contribution in [-0.4, -0.2) is 4.92 Å². The molecule has 1 N–H and O–H groups in total. The summed E-state index contributed by atoms with van der Waals surface area (Å²) in [6, 6.07) is 17.0. The van der Waals surface area contributed by atoms with Crippen LogP contribution in [0.5, 0.6) is 5.75 Å². The molecule has 0 atom stereocenters. The highest BCUT2D eigenvalue weighted by Crippen LogP contribution is 2.28. The number of rotatable bonds is 7. The lowest BCUT2D eigenvalue weighted by atomic mass is 10.2. The van der Waals surface area contributed by atoms with Crippen molar-refractivity contribution in [1.29, 1.82) is 0 Å². The molecule has 144 valence electrons. The quantitative estimate of drug-likeness (QED) is 0.328. The Labute approximate surface area is 177 Å². The van der Waals surface area contributed by atoms with Crippen molar-refractivity contribution in [3.05, 3.63) is 97.0 Å². The highest BCUT2D eigenvalue weighted by molar-refractivity contribution is 6.42. The van der Waals surface area contributed by atoms with Crippen LogP contribution in [0.2, 0.25) is 15.1 Å². The number of halogens is 3. The Bertz CT molecular complexity index is 994. The Morgan fingerprint density at radius 1 is 0.857 bits per heavy atom. The first kappa shape index (κ1) is 20.3. The molecule has 0 heterocycles. The Kier molecular flexibility index (Phi) is 6.62. The lowest BCUT2D eigenvalue weighted by Gasteiger charge is -2.11. The van der Waals surface area contributed by atoms with Crippen LogP contribution < -0.4 is 10.1 Å². The van der Waals surface area contributed by atoms with Gasteiger partial charge in [-0.3, -0.25) is 10.1 Å². The Morgan fingerprint density at radius 2 is 1.57 bits per heavy atom. The molecule has 28 heavy (non-hydrogen) atoms. The number of hydrogen-bond acceptors (Lipinski definition) is 4. The monoisotopic (exact) mass is 436 g/mol. The zero-order chi connectivity index (χ0) is 20.1. The van der Waals surface area contributed by atoms with Crippen LogP contribution in [0.4, 0.5) is 11.4 Å². The van der Waals surface area contributed by atoms with Gasteiger partial charge in [-0.25, -0.2) is 0 Å². The van der Waals surface area contributed by atoms with Gasteiger partial charge in [0.05, 0.1) is 20.0 Å². The van der Waals surface area contributed by atoms with Crippen LogP contribution >= 0.6 is 34.8 Å². The van der Waals surface area contributed by atoms with E-state index in [1.165, 1.54) is 12.1 Å². The number of nitrogens with zero attached hydrogens (tertiary/aromatic N) is 1. The van der Waals surface area contributed by atoms with Gasteiger partial charge in [0.2, 0.25) is 0 Å². The van der Waals surface area contributed by atoms with Crippen LogP contribution in [0.1, 0.15) is 11.1 Å². The molecule has 8 heteroatoms. The maximum absolute atomic E-state index is 10.7. The summed E-state index contributed by atoms with van der Waals surface area (Å²) in [6.45, 7) is 0.818. The highest BCUT2D eigenvalue weighted by Gasteiger charge is 2.07. The van der Waals surface area contributed by atoms with Crippen LogP contribution in [0.15, 0.2) is 60.7 Å². The van der Waals surface area contributed by atoms with Gasteiger partial charge in [0.15, 0.2) is 0 Å². The molecular formula is C20H15Cl3N2O3. The molecular weight excluding hydrogens is 423 g/mol. The molecule has 0 saturated carbocycles. The highest BCUT2D eigenvalue weighted by atomic mass is 35.5. The van der Waals surface area contributed by atoms with Gasteiger partial charge < -0.3 is 10.1 Å². The Balaban J connectivity index is 1.58. The van der Waals surface area contributed by atoms with Crippen molar-refractivity contribution in [3.63, 3.8) is 0 Å². The fourth-order valence-electron chi connectivity index (χ4n) is 2.46. The van der Waals surface area contributed by atoms with Gasteiger partial charge in [0, 0.05) is 24.4 Å². The molecule has 0 unspecified atom stereocenters. The first-order valence-corrected chi connectivity index (χ1v) is 9.39. The van der Waals surface area contributed by atoms with Crippen molar-refractivity contribution in [2.45, 2.75) is 13.2 Å². The van der Waals surface area contributed by atoms with E-state index in [0.717, 1.165) is 16.8 Å². The number of benzene rings is 3. The molecule has 3 aromatic rings. The predicted molar refractivity (Wildman–Crippen MR) is 113 cm³/mol. The van der Waals surface area contributed by atoms with Crippen LogP contribution in [-0.2, 0) is 13.2 Å². The minimum absolute atomic E-state index is 0.0422. The van der Waals surface area contributed by atoms with Gasteiger partial charge in [-0.1, -0.05) is 40.9 Å². The maximum atomic E-state index is 10.7. The standard InChI is InChI=1S/C20H15Cl3N2O3/c21-17-7-4-15(10-18(17)22)24-11-14-3-8-20(19(23)9-14)28-12-13-1-5-16(6-2-13)25(26)27/h1-10,24H,11-12H2. The molecule has 0 saturated heterocycles. The largest absolute Gasteiger partial charge is 0.487 e. The average Bonchev–Trinajstić information content (AvgIpc) is 2.68. The lowest BCUT2D eigenvalue weighted by Crippen LogP contribution is -2.00. The number of non-ortho nitro benzene ring substituents is 1. The van der Waals surface area contributed by atoms with Gasteiger partial charge in [0.1, 0.15) is 12.4 Å². The van der Waals surface area contributed by atoms with Crippen LogP contribution in [0.3, 0.4) is 0 Å². The molecule has 0 amide bonds. The number of anilines is 1. The van der Waals surface area contributed by atoms with Crippen molar-refractivity contribution >= 4 is 46.2 Å². The smallest absolute Gasteiger partial charge is 0.269 e. The molecule has 0 aliphatic carbocycles. The van der Waals surface area contributed by atoms with Gasteiger partial charge in [-0.2, -0.15) is 0 Å². The second-order valence-electron chi connectivity index (χ2n) is 5.96. The number of nitro groups is 1. The van der Waals surface area contributed by atoms with E-state index >= 15 is 0 Å². The number of ether oxygens (including phenoxy) is 1. The Morgan fingerprint density at radius 3 is 2.21 bits per heavy atom. The van der Waals surface area contributed by atoms with Gasteiger partial charge in [-0.05, 0) is 53.6 Å². The third kappa shape index (κ3) is 5.29. The molecule has 0 bridgehead atoms. The predicted octanol–water partition coefficient (Wildman–Crippen LogP) is 6.75. The second-order valence-corrected chi connectivity index (χ2v) is 7.18. The van der Waals surface area contributed by atoms with E-state index in [-0.39, 0.29) is 12.3 Å². The van der Waals surface area contributed by atoms with Crippen molar-refractivity contribution < 1.29 is 9.66 Å². The molecule has 5 nitrogen and oxygen atoms in total. The molecule has 0 aromatic heterocycles. The van der Waals surface area contributed by atoms with Crippen molar-refractivity contribution in [1.82, 2.24) is 0 Å². The van der Waals surface area contributed by atoms with Crippen molar-refractivity contribution in [2.24, 2.45) is 0 Å². The topological polar surface area (TPSA) is 64.4 Å². The van der Waals surface area contributed by atoms with Crippen molar-refractivity contribution in [3.8, 4) is 5.75 Å². The second kappa shape index (κ2) is 9.15. The third-order valence-corrected chi connectivity index (χ3v) is 4.99. The Hall–Kier alpha value is -2.47. The number of hydrogen-bond donors (Lipinski definition) is 1.